The first kappa shape index (κ1) is 49.1. The number of β-amino-alcohol motifs (C(OH)–C–C–N with tert-alkyl or cyclic N) is 1. The number of fused-ring (bicyclic) bond motifs is 7. The minimum Gasteiger partial charge on any atom is -0.474 e. The smallest absolute Gasteiger partial charge is 0.319 e. The van der Waals surface area contributed by atoms with Crippen molar-refractivity contribution in [2.75, 3.05) is 44.3 Å². The van der Waals surface area contributed by atoms with Gasteiger partial charge in [0.25, 0.3) is 5.88 Å². The van der Waals surface area contributed by atoms with Crippen LogP contribution in [-0.2, 0) is 9.59 Å². The van der Waals surface area contributed by atoms with Crippen LogP contribution in [0, 0.1) is 12.8 Å². The molecular weight excluding hydrogens is 977 g/mol. The summed E-state index contributed by atoms with van der Waals surface area (Å²) in [6.07, 6.45) is 7.55. The predicted octanol–water partition coefficient (Wildman–Crippen LogP) is 8.70. The summed E-state index contributed by atoms with van der Waals surface area (Å²) >= 11 is 1.60. The Balaban J connectivity index is 0.693. The lowest BCUT2D eigenvalue weighted by molar-refractivity contribution is -0.141. The number of rotatable bonds is 14. The number of aliphatic hydroxyl groups excluding tert-OH is 1. The molecule has 1 aliphatic carbocycles. The number of ether oxygens (including phenoxy) is 2. The van der Waals surface area contributed by atoms with Crippen LogP contribution in [0.4, 0.5) is 5.82 Å². The molecule has 3 unspecified atom stereocenters. The third-order valence-corrected chi connectivity index (χ3v) is 18.6. The van der Waals surface area contributed by atoms with Crippen molar-refractivity contribution in [3.63, 3.8) is 0 Å². The number of amides is 2. The average molecular weight is 1040 g/mol. The highest BCUT2D eigenvalue weighted by atomic mass is 32.1. The Morgan fingerprint density at radius 1 is 0.974 bits per heavy atom. The molecule has 394 valence electrons. The highest BCUT2D eigenvalue weighted by molar-refractivity contribution is 7.13. The van der Waals surface area contributed by atoms with Gasteiger partial charge in [-0.3, -0.25) is 19.5 Å². The molecule has 6 aliphatic rings. The molecule has 7 aromatic rings. The molecule has 2 bridgehead atoms. The summed E-state index contributed by atoms with van der Waals surface area (Å²) in [5.74, 6) is 0.121. The zero-order chi connectivity index (χ0) is 52.0. The second-order valence-corrected chi connectivity index (χ2v) is 23.6. The van der Waals surface area contributed by atoms with Crippen molar-refractivity contribution in [1.29, 1.82) is 0 Å². The molecule has 9 heterocycles. The van der Waals surface area contributed by atoms with Gasteiger partial charge in [0.1, 0.15) is 31.0 Å². The van der Waals surface area contributed by atoms with Crippen molar-refractivity contribution >= 4 is 50.6 Å². The number of piperazine rings is 1. The zero-order valence-electron chi connectivity index (χ0n) is 43.9. The van der Waals surface area contributed by atoms with Gasteiger partial charge in [0.05, 0.1) is 50.4 Å². The molecule has 4 aromatic heterocycles. The summed E-state index contributed by atoms with van der Waals surface area (Å²) in [6.45, 7) is 13.7. The number of likely N-dealkylation sites (tertiary alicyclic amines) is 1. The standard InChI is InChI=1S/C59H66N10O6S/c1-32(2)49(57(72)68-28-42(70)23-46(68)56(71)62-34(4)36-13-15-38(16-14-36)54-35(5)61-31-76-54)47-24-48(66-75-47)73-29-41-19-21-59(20-8-22-69(41)59)30-74-58-64-53-45(55(65-58)67-26-39-17-18-40(27-67)63-39)25-60-52-44-12-7-10-37-9-6-11-43(51(37)44)33(3)50(52)53/h6-7,9-16,24-25,31-34,39-42,46,49,63,70H,8,17-23,26-30H2,1-5H3,(H,62,71)/t33?,34-,39?,40?,41-,42+,46-,49+,59-/m0/s1. The van der Waals surface area contributed by atoms with Crippen LogP contribution >= 0.6 is 11.3 Å². The number of nitrogens with one attached hydrogen (secondary N) is 2. The predicted molar refractivity (Wildman–Crippen MR) is 292 cm³/mol. The van der Waals surface area contributed by atoms with Gasteiger partial charge in [0, 0.05) is 73.5 Å². The molecule has 3 aromatic carbocycles. The lowest BCUT2D eigenvalue weighted by Crippen LogP contribution is -2.51. The second kappa shape index (κ2) is 19.5. The number of anilines is 1. The van der Waals surface area contributed by atoms with E-state index in [0.717, 1.165) is 113 Å². The Labute approximate surface area is 446 Å². The monoisotopic (exact) mass is 1040 g/mol. The van der Waals surface area contributed by atoms with Crippen molar-refractivity contribution in [2.45, 2.75) is 133 Å². The topological polar surface area (TPSA) is 184 Å². The Morgan fingerprint density at radius 2 is 1.78 bits per heavy atom. The lowest BCUT2D eigenvalue weighted by atomic mass is 9.79. The quantitative estimate of drug-likeness (QED) is 0.0940. The number of carbonyl (C=O) groups excluding carboxylic acids is 2. The molecule has 0 spiro atoms. The number of thiazole rings is 1. The van der Waals surface area contributed by atoms with E-state index >= 15 is 0 Å². The first-order valence-corrected chi connectivity index (χ1v) is 28.3. The third kappa shape index (κ3) is 8.57. The van der Waals surface area contributed by atoms with E-state index in [4.69, 9.17) is 28.9 Å². The van der Waals surface area contributed by atoms with Gasteiger partial charge >= 0.3 is 6.01 Å². The number of aryl methyl sites for hydroxylation is 1. The third-order valence-electron chi connectivity index (χ3n) is 17.7. The molecule has 13 rings (SSSR count). The van der Waals surface area contributed by atoms with Crippen molar-refractivity contribution < 1.29 is 28.7 Å². The number of carbonyl (C=O) groups is 2. The Morgan fingerprint density at radius 3 is 2.55 bits per heavy atom. The van der Waals surface area contributed by atoms with Gasteiger partial charge in [-0.25, -0.2) is 4.98 Å². The van der Waals surface area contributed by atoms with Crippen molar-refractivity contribution in [1.82, 2.24) is 45.5 Å². The van der Waals surface area contributed by atoms with Gasteiger partial charge in [0.2, 0.25) is 11.8 Å². The van der Waals surface area contributed by atoms with E-state index in [1.54, 1.807) is 17.4 Å². The van der Waals surface area contributed by atoms with E-state index in [0.29, 0.717) is 42.9 Å². The highest BCUT2D eigenvalue weighted by Gasteiger charge is 2.51. The molecular formula is C59H66N10O6S. The molecule has 5 aliphatic heterocycles. The summed E-state index contributed by atoms with van der Waals surface area (Å²) in [5.41, 5.74) is 10.1. The Bertz CT molecular complexity index is 3350. The number of nitrogens with zero attached hydrogens (tertiary/aromatic N) is 8. The van der Waals surface area contributed by atoms with Crippen LogP contribution in [0.25, 0.3) is 43.4 Å². The Hall–Kier alpha value is -6.53. The van der Waals surface area contributed by atoms with Crippen molar-refractivity contribution in [2.24, 2.45) is 5.92 Å². The van der Waals surface area contributed by atoms with Gasteiger partial charge in [-0.2, -0.15) is 9.97 Å². The number of hydrogen-bond acceptors (Lipinski definition) is 15. The SMILES string of the molecule is Cc1ncsc1-c1ccc([C@H](C)NC(=O)[C@@H]2C[C@@H](O)CN2C(=O)[C@@H](c2cc(OC[C@@H]3CC[C@]4(COc5nc(N6CC7CCC(C6)N7)c6cnc7c(c6n5)C(C)c5cccc6cccc-7c56)CCCN34)no2)C(C)C)cc1. The molecule has 17 heteroatoms. The maximum atomic E-state index is 14.5. The molecule has 9 atom stereocenters. The van der Waals surface area contributed by atoms with Crippen LogP contribution in [0.3, 0.4) is 0 Å². The molecule has 0 radical (unpaired) electrons. The number of aliphatic hydroxyl groups is 1. The van der Waals surface area contributed by atoms with Crippen LogP contribution < -0.4 is 25.0 Å². The molecule has 5 saturated heterocycles. The molecule has 16 nitrogen and oxygen atoms in total. The van der Waals surface area contributed by atoms with E-state index in [2.05, 4.69) is 73.9 Å². The van der Waals surface area contributed by atoms with E-state index in [-0.39, 0.29) is 54.2 Å². The summed E-state index contributed by atoms with van der Waals surface area (Å²) in [4.78, 5) is 56.2. The van der Waals surface area contributed by atoms with E-state index < -0.39 is 18.1 Å². The number of hydrogen-bond donors (Lipinski definition) is 3. The average Bonchev–Trinajstić information content (AvgIpc) is 4.37. The number of aromatic nitrogens is 5. The van der Waals surface area contributed by atoms with Gasteiger partial charge in [-0.1, -0.05) is 81.4 Å². The van der Waals surface area contributed by atoms with Gasteiger partial charge in [-0.05, 0) is 97.5 Å². The van der Waals surface area contributed by atoms with Crippen LogP contribution in [0.15, 0.2) is 83.0 Å². The summed E-state index contributed by atoms with van der Waals surface area (Å²) in [6, 6.07) is 23.1. The van der Waals surface area contributed by atoms with Crippen LogP contribution in [0.1, 0.15) is 119 Å². The lowest BCUT2D eigenvalue weighted by Gasteiger charge is -2.36. The molecule has 0 saturated carbocycles. The van der Waals surface area contributed by atoms with Gasteiger partial charge in [-0.15, -0.1) is 11.3 Å². The zero-order valence-corrected chi connectivity index (χ0v) is 44.7. The van der Waals surface area contributed by atoms with E-state index in [1.807, 2.05) is 63.7 Å². The fraction of sp³-hybridized carbons (Fsp3) is 0.475. The van der Waals surface area contributed by atoms with Gasteiger partial charge < -0.3 is 39.5 Å². The number of benzene rings is 3. The van der Waals surface area contributed by atoms with Gasteiger partial charge in [0.15, 0.2) is 5.76 Å². The molecule has 3 N–H and O–H groups in total. The first-order valence-electron chi connectivity index (χ1n) is 27.4. The van der Waals surface area contributed by atoms with Crippen molar-refractivity contribution in [3.05, 3.63) is 107 Å². The van der Waals surface area contributed by atoms with E-state index in [1.165, 1.54) is 21.2 Å². The van der Waals surface area contributed by atoms with Crippen LogP contribution in [0.2, 0.25) is 0 Å². The van der Waals surface area contributed by atoms with Crippen molar-refractivity contribution in [3.8, 4) is 33.6 Å². The summed E-state index contributed by atoms with van der Waals surface area (Å²) < 4.78 is 19.2. The highest BCUT2D eigenvalue weighted by Crippen LogP contribution is 2.48. The largest absolute Gasteiger partial charge is 0.474 e. The summed E-state index contributed by atoms with van der Waals surface area (Å²) in [5, 5.41) is 25.5. The maximum absolute atomic E-state index is 14.5. The Kier molecular flexibility index (Phi) is 12.6. The second-order valence-electron chi connectivity index (χ2n) is 22.7. The minimum atomic E-state index is -0.839. The molecule has 2 amide bonds. The van der Waals surface area contributed by atoms with Crippen LogP contribution in [0.5, 0.6) is 11.9 Å². The van der Waals surface area contributed by atoms with E-state index in [9.17, 15) is 14.7 Å². The molecule has 5 fully saturated rings. The first-order chi connectivity index (χ1) is 36.9. The fourth-order valence-corrected chi connectivity index (χ4v) is 14.6. The fourth-order valence-electron chi connectivity index (χ4n) is 13.8. The molecule has 76 heavy (non-hydrogen) atoms. The summed E-state index contributed by atoms with van der Waals surface area (Å²) in [7, 11) is 0. The number of pyridine rings is 1. The normalized spacial score (nSPS) is 25.6. The maximum Gasteiger partial charge on any atom is 0.319 e. The minimum absolute atomic E-state index is 0.0495. The van der Waals surface area contributed by atoms with Crippen LogP contribution in [-0.4, -0.2) is 127 Å².